The number of hydrogen-bond donors (Lipinski definition) is 0. The number of nitrogens with zero attached hydrogens (tertiary/aromatic N) is 4. The molecule has 1 aliphatic heterocycles. The van der Waals surface area contributed by atoms with Gasteiger partial charge >= 0.3 is 5.97 Å². The maximum Gasteiger partial charge on any atom is 0.344 e. The summed E-state index contributed by atoms with van der Waals surface area (Å²) in [5, 5.41) is 0. The van der Waals surface area contributed by atoms with Gasteiger partial charge in [-0.2, -0.15) is 0 Å². The average Bonchev–Trinajstić information content (AvgIpc) is 2.85. The maximum atomic E-state index is 12.9. The monoisotopic (exact) mass is 432 g/mol. The van der Waals surface area contributed by atoms with E-state index >= 15 is 0 Å². The number of rotatable bonds is 6. The van der Waals surface area contributed by atoms with Crippen LogP contribution in [0.4, 0.5) is 5.69 Å². The minimum absolute atomic E-state index is 0.0987. The van der Waals surface area contributed by atoms with E-state index in [1.807, 2.05) is 18.2 Å². The molecule has 8 nitrogen and oxygen atoms in total. The topological polar surface area (TPSA) is 84.9 Å². The van der Waals surface area contributed by atoms with Crippen molar-refractivity contribution in [3.05, 3.63) is 78.8 Å². The average molecular weight is 432 g/mol. The number of amides is 1. The second-order valence-electron chi connectivity index (χ2n) is 7.34. The fourth-order valence-corrected chi connectivity index (χ4v) is 3.50. The molecule has 0 spiro atoms. The second kappa shape index (κ2) is 9.91. The molecule has 0 bridgehead atoms. The van der Waals surface area contributed by atoms with Gasteiger partial charge in [0.2, 0.25) is 5.88 Å². The molecule has 1 fully saturated rings. The summed E-state index contributed by atoms with van der Waals surface area (Å²) in [7, 11) is 0. The molecule has 0 aliphatic carbocycles. The Morgan fingerprint density at radius 3 is 2.41 bits per heavy atom. The Morgan fingerprint density at radius 1 is 0.938 bits per heavy atom. The van der Waals surface area contributed by atoms with Crippen molar-refractivity contribution in [2.24, 2.45) is 0 Å². The zero-order chi connectivity index (χ0) is 22.3. The van der Waals surface area contributed by atoms with Gasteiger partial charge < -0.3 is 19.3 Å². The van der Waals surface area contributed by atoms with Crippen molar-refractivity contribution < 1.29 is 19.1 Å². The number of esters is 1. The molecule has 4 rings (SSSR count). The van der Waals surface area contributed by atoms with E-state index in [-0.39, 0.29) is 17.4 Å². The van der Waals surface area contributed by atoms with Gasteiger partial charge in [0.25, 0.3) is 5.91 Å². The zero-order valence-electron chi connectivity index (χ0n) is 17.8. The van der Waals surface area contributed by atoms with Crippen LogP contribution in [0.5, 0.6) is 11.6 Å². The van der Waals surface area contributed by atoms with E-state index in [1.54, 1.807) is 42.3 Å². The Hall–Kier alpha value is -3.94. The SMILES string of the molecule is CC(OC(=O)c1cccnc1Oc1cccnc1)C(=O)N1CCN(c2ccccc2)CC1. The summed E-state index contributed by atoms with van der Waals surface area (Å²) < 4.78 is 11.1. The summed E-state index contributed by atoms with van der Waals surface area (Å²) in [5.41, 5.74) is 1.28. The van der Waals surface area contributed by atoms with Crippen LogP contribution in [0.3, 0.4) is 0 Å². The number of pyridine rings is 2. The Kier molecular flexibility index (Phi) is 6.60. The molecule has 1 aliphatic rings. The molecule has 0 radical (unpaired) electrons. The van der Waals surface area contributed by atoms with E-state index in [9.17, 15) is 9.59 Å². The summed E-state index contributed by atoms with van der Waals surface area (Å²) in [6.45, 7) is 4.17. The molecule has 1 saturated heterocycles. The molecule has 164 valence electrons. The van der Waals surface area contributed by atoms with Crippen LogP contribution in [0.15, 0.2) is 73.2 Å². The van der Waals surface area contributed by atoms with E-state index in [1.165, 1.54) is 12.4 Å². The van der Waals surface area contributed by atoms with Gasteiger partial charge in [-0.05, 0) is 43.3 Å². The van der Waals surface area contributed by atoms with Crippen LogP contribution in [-0.2, 0) is 9.53 Å². The third kappa shape index (κ3) is 5.03. The van der Waals surface area contributed by atoms with Crippen molar-refractivity contribution >= 4 is 17.6 Å². The molecule has 0 N–H and O–H groups in total. The summed E-state index contributed by atoms with van der Waals surface area (Å²) in [5.74, 6) is -0.340. The molecule has 1 aromatic carbocycles. The summed E-state index contributed by atoms with van der Waals surface area (Å²) in [6.07, 6.45) is 3.74. The number of aromatic nitrogens is 2. The van der Waals surface area contributed by atoms with E-state index in [4.69, 9.17) is 9.47 Å². The molecule has 1 amide bonds. The smallest absolute Gasteiger partial charge is 0.344 e. The first-order chi connectivity index (χ1) is 15.6. The van der Waals surface area contributed by atoms with Crippen LogP contribution in [0.1, 0.15) is 17.3 Å². The highest BCUT2D eigenvalue weighted by molar-refractivity contribution is 5.94. The molecule has 0 saturated carbocycles. The van der Waals surface area contributed by atoms with E-state index < -0.39 is 12.1 Å². The minimum Gasteiger partial charge on any atom is -0.449 e. The summed E-state index contributed by atoms with van der Waals surface area (Å²) >= 11 is 0. The lowest BCUT2D eigenvalue weighted by Gasteiger charge is -2.37. The van der Waals surface area contributed by atoms with Crippen LogP contribution < -0.4 is 9.64 Å². The second-order valence-corrected chi connectivity index (χ2v) is 7.34. The van der Waals surface area contributed by atoms with Gasteiger partial charge in [0.05, 0.1) is 6.20 Å². The number of ether oxygens (including phenoxy) is 2. The molecule has 1 atom stereocenters. The molecule has 3 heterocycles. The number of piperazine rings is 1. The van der Waals surface area contributed by atoms with Gasteiger partial charge in [-0.25, -0.2) is 9.78 Å². The van der Waals surface area contributed by atoms with Crippen molar-refractivity contribution in [2.45, 2.75) is 13.0 Å². The van der Waals surface area contributed by atoms with Crippen LogP contribution in [0, 0.1) is 0 Å². The normalized spacial score (nSPS) is 14.5. The third-order valence-electron chi connectivity index (χ3n) is 5.18. The maximum absolute atomic E-state index is 12.9. The molecular formula is C24H24N4O4. The number of anilines is 1. The van der Waals surface area contributed by atoms with Crippen LogP contribution in [-0.4, -0.2) is 59.0 Å². The Bertz CT molecular complexity index is 1050. The van der Waals surface area contributed by atoms with E-state index in [0.717, 1.165) is 18.8 Å². The van der Waals surface area contributed by atoms with Gasteiger partial charge in [0, 0.05) is 44.3 Å². The van der Waals surface area contributed by atoms with Crippen LogP contribution >= 0.6 is 0 Å². The lowest BCUT2D eigenvalue weighted by molar-refractivity contribution is -0.140. The zero-order valence-corrected chi connectivity index (χ0v) is 17.8. The van der Waals surface area contributed by atoms with Crippen molar-refractivity contribution in [3.8, 4) is 11.6 Å². The molecule has 1 unspecified atom stereocenters. The molecule has 32 heavy (non-hydrogen) atoms. The molecule has 8 heteroatoms. The highest BCUT2D eigenvalue weighted by Gasteiger charge is 2.28. The van der Waals surface area contributed by atoms with E-state index in [0.29, 0.717) is 18.8 Å². The van der Waals surface area contributed by atoms with Gasteiger partial charge in [-0.3, -0.25) is 9.78 Å². The molecule has 2 aromatic heterocycles. The highest BCUT2D eigenvalue weighted by atomic mass is 16.6. The summed E-state index contributed by atoms with van der Waals surface area (Å²) in [6, 6.07) is 16.7. The van der Waals surface area contributed by atoms with Crippen molar-refractivity contribution in [2.75, 3.05) is 31.1 Å². The Morgan fingerprint density at radius 2 is 1.69 bits per heavy atom. The first-order valence-electron chi connectivity index (χ1n) is 10.4. The van der Waals surface area contributed by atoms with Gasteiger partial charge in [-0.15, -0.1) is 0 Å². The Balaban J connectivity index is 1.35. The van der Waals surface area contributed by atoms with Gasteiger partial charge in [0.1, 0.15) is 11.3 Å². The van der Waals surface area contributed by atoms with Crippen molar-refractivity contribution in [3.63, 3.8) is 0 Å². The molecule has 3 aromatic rings. The van der Waals surface area contributed by atoms with Crippen LogP contribution in [0.2, 0.25) is 0 Å². The molecular weight excluding hydrogens is 408 g/mol. The number of para-hydroxylation sites is 1. The lowest BCUT2D eigenvalue weighted by Crippen LogP contribution is -2.51. The fraction of sp³-hybridized carbons (Fsp3) is 0.250. The van der Waals surface area contributed by atoms with Crippen molar-refractivity contribution in [1.82, 2.24) is 14.9 Å². The van der Waals surface area contributed by atoms with Crippen LogP contribution in [0.25, 0.3) is 0 Å². The quantitative estimate of drug-likeness (QED) is 0.553. The minimum atomic E-state index is -0.919. The first kappa shape index (κ1) is 21.3. The van der Waals surface area contributed by atoms with Gasteiger partial charge in [-0.1, -0.05) is 18.2 Å². The van der Waals surface area contributed by atoms with Gasteiger partial charge in [0.15, 0.2) is 6.10 Å². The number of carbonyl (C=O) groups is 2. The first-order valence-corrected chi connectivity index (χ1v) is 10.4. The standard InChI is InChI=1S/C24H24N4O4/c1-18(23(29)28-15-13-27(14-16-28)19-7-3-2-4-8-19)31-24(30)21-10-6-12-26-22(21)32-20-9-5-11-25-17-20/h2-12,17-18H,13-16H2,1H3. The summed E-state index contributed by atoms with van der Waals surface area (Å²) in [4.78, 5) is 37.7. The number of hydrogen-bond acceptors (Lipinski definition) is 7. The lowest BCUT2D eigenvalue weighted by atomic mass is 10.2. The largest absolute Gasteiger partial charge is 0.449 e. The predicted octanol–water partition coefficient (Wildman–Crippen LogP) is 3.16. The number of carbonyl (C=O) groups excluding carboxylic acids is 2. The third-order valence-corrected chi connectivity index (χ3v) is 5.18. The van der Waals surface area contributed by atoms with Crippen molar-refractivity contribution in [1.29, 1.82) is 0 Å². The highest BCUT2D eigenvalue weighted by Crippen LogP contribution is 2.23. The fourth-order valence-electron chi connectivity index (χ4n) is 3.50. The Labute approximate surface area is 186 Å². The number of benzene rings is 1. The van der Waals surface area contributed by atoms with E-state index in [2.05, 4.69) is 27.0 Å². The predicted molar refractivity (Wildman–Crippen MR) is 119 cm³/mol.